The highest BCUT2D eigenvalue weighted by Crippen LogP contribution is 1.71. The Bertz CT molecular complexity index is 130. The van der Waals surface area contributed by atoms with Gasteiger partial charge in [0.1, 0.15) is 5.84 Å². The van der Waals surface area contributed by atoms with Crippen LogP contribution in [-0.2, 0) is 4.84 Å². The van der Waals surface area contributed by atoms with Crippen molar-refractivity contribution in [3.05, 3.63) is 0 Å². The molecule has 0 saturated carbocycles. The maximum absolute atomic E-state index is 6.82. The molecule has 0 bridgehead atoms. The van der Waals surface area contributed by atoms with E-state index in [0.29, 0.717) is 5.84 Å². The summed E-state index contributed by atoms with van der Waals surface area (Å²) in [4.78, 5) is 8.34. The van der Waals surface area contributed by atoms with Crippen LogP contribution in [0.25, 0.3) is 0 Å². The number of hydrogen-bond donors (Lipinski definition) is 2. The minimum absolute atomic E-state index is 0.123. The summed E-state index contributed by atoms with van der Waals surface area (Å²) in [6.45, 7) is 3.29. The second kappa shape index (κ2) is 3.88. The van der Waals surface area contributed by atoms with Crippen molar-refractivity contribution in [3.8, 4) is 0 Å². The van der Waals surface area contributed by atoms with Gasteiger partial charge in [-0.1, -0.05) is 0 Å². The first-order chi connectivity index (χ1) is 4.16. The van der Waals surface area contributed by atoms with Crippen molar-refractivity contribution in [2.45, 2.75) is 13.8 Å². The zero-order chi connectivity index (χ0) is 7.28. The summed E-state index contributed by atoms with van der Waals surface area (Å²) in [5, 5.41) is 6.82. The SMILES string of the molecule is CN=C(C)NOC(C)=N. The third-order valence-electron chi connectivity index (χ3n) is 0.687. The molecule has 0 unspecified atom stereocenters. The fraction of sp³-hybridized carbons (Fsp3) is 0.600. The predicted molar refractivity (Wildman–Crippen MR) is 36.7 cm³/mol. The molecule has 2 N–H and O–H groups in total. The molecule has 0 aromatic rings. The number of rotatable bonds is 0. The summed E-state index contributed by atoms with van der Waals surface area (Å²) >= 11 is 0. The van der Waals surface area contributed by atoms with Gasteiger partial charge in [-0.15, -0.1) is 0 Å². The lowest BCUT2D eigenvalue weighted by atomic mass is 10.7. The number of nitrogens with one attached hydrogen (secondary N) is 2. The summed E-state index contributed by atoms with van der Waals surface area (Å²) in [7, 11) is 1.64. The predicted octanol–water partition coefficient (Wildman–Crippen LogP) is 0.553. The summed E-state index contributed by atoms with van der Waals surface area (Å²) < 4.78 is 0. The van der Waals surface area contributed by atoms with Crippen LogP contribution >= 0.6 is 0 Å². The molecule has 0 radical (unpaired) electrons. The van der Waals surface area contributed by atoms with Crippen LogP contribution in [0.15, 0.2) is 4.99 Å². The van der Waals surface area contributed by atoms with Crippen molar-refractivity contribution in [2.75, 3.05) is 7.05 Å². The Morgan fingerprint density at radius 2 is 2.11 bits per heavy atom. The Morgan fingerprint density at radius 3 is 2.44 bits per heavy atom. The zero-order valence-electron chi connectivity index (χ0n) is 5.86. The van der Waals surface area contributed by atoms with Gasteiger partial charge in [-0.2, -0.15) is 0 Å². The minimum atomic E-state index is 0.123. The third kappa shape index (κ3) is 4.80. The Hall–Kier alpha value is -1.06. The van der Waals surface area contributed by atoms with E-state index in [1.807, 2.05) is 0 Å². The second-order valence-corrected chi connectivity index (χ2v) is 1.57. The van der Waals surface area contributed by atoms with Crippen LogP contribution in [0.2, 0.25) is 0 Å². The molecule has 0 aliphatic carbocycles. The van der Waals surface area contributed by atoms with Gasteiger partial charge < -0.3 is 4.84 Å². The average molecular weight is 129 g/mol. The lowest BCUT2D eigenvalue weighted by Gasteiger charge is -2.02. The molecule has 0 saturated heterocycles. The lowest BCUT2D eigenvalue weighted by Crippen LogP contribution is -2.22. The van der Waals surface area contributed by atoms with E-state index in [1.165, 1.54) is 6.92 Å². The molecule has 0 aromatic carbocycles. The zero-order valence-corrected chi connectivity index (χ0v) is 5.86. The van der Waals surface area contributed by atoms with Gasteiger partial charge >= 0.3 is 0 Å². The van der Waals surface area contributed by atoms with E-state index >= 15 is 0 Å². The Balaban J connectivity index is 3.39. The van der Waals surface area contributed by atoms with Crippen LogP contribution in [0, 0.1) is 5.41 Å². The normalized spacial score (nSPS) is 10.8. The van der Waals surface area contributed by atoms with Crippen LogP contribution in [0.4, 0.5) is 0 Å². The molecular weight excluding hydrogens is 118 g/mol. The quantitative estimate of drug-likeness (QED) is 0.285. The molecule has 0 rings (SSSR count). The maximum Gasteiger partial charge on any atom is 0.211 e. The Labute approximate surface area is 54.4 Å². The fourth-order valence-corrected chi connectivity index (χ4v) is 0.196. The van der Waals surface area contributed by atoms with E-state index in [4.69, 9.17) is 5.41 Å². The van der Waals surface area contributed by atoms with Gasteiger partial charge in [0.15, 0.2) is 0 Å². The molecule has 4 heteroatoms. The van der Waals surface area contributed by atoms with Crippen molar-refractivity contribution in [1.29, 1.82) is 5.41 Å². The molecule has 0 heterocycles. The molecular formula is C5H11N3O. The van der Waals surface area contributed by atoms with E-state index in [1.54, 1.807) is 14.0 Å². The Kier molecular flexibility index (Phi) is 3.43. The van der Waals surface area contributed by atoms with Gasteiger partial charge in [-0.05, 0) is 6.92 Å². The van der Waals surface area contributed by atoms with Gasteiger partial charge in [-0.3, -0.25) is 10.4 Å². The van der Waals surface area contributed by atoms with Gasteiger partial charge in [0.05, 0.1) is 0 Å². The molecule has 0 aliphatic rings. The molecule has 0 atom stereocenters. The molecule has 0 aromatic heterocycles. The van der Waals surface area contributed by atoms with Crippen molar-refractivity contribution in [2.24, 2.45) is 4.99 Å². The van der Waals surface area contributed by atoms with Crippen molar-refractivity contribution in [3.63, 3.8) is 0 Å². The van der Waals surface area contributed by atoms with Crippen LogP contribution in [-0.4, -0.2) is 18.8 Å². The second-order valence-electron chi connectivity index (χ2n) is 1.57. The number of amidine groups is 1. The molecule has 0 fully saturated rings. The van der Waals surface area contributed by atoms with Gasteiger partial charge in [0.25, 0.3) is 0 Å². The first-order valence-electron chi connectivity index (χ1n) is 2.58. The number of hydroxylamine groups is 1. The van der Waals surface area contributed by atoms with Crippen molar-refractivity contribution < 1.29 is 4.84 Å². The van der Waals surface area contributed by atoms with E-state index in [9.17, 15) is 0 Å². The van der Waals surface area contributed by atoms with Crippen LogP contribution in [0.3, 0.4) is 0 Å². The number of hydrogen-bond acceptors (Lipinski definition) is 3. The largest absolute Gasteiger partial charge is 0.366 e. The molecule has 0 spiro atoms. The van der Waals surface area contributed by atoms with E-state index in [-0.39, 0.29) is 5.90 Å². The summed E-state index contributed by atoms with van der Waals surface area (Å²) in [5.74, 6) is 0.777. The average Bonchev–Trinajstić information content (AvgIpc) is 1.83. The van der Waals surface area contributed by atoms with Gasteiger partial charge in [-0.25, -0.2) is 5.48 Å². The van der Waals surface area contributed by atoms with Gasteiger partial charge in [0, 0.05) is 14.0 Å². The fourth-order valence-electron chi connectivity index (χ4n) is 0.196. The standard InChI is InChI=1S/C5H11N3O/c1-4(6)9-8-5(2)7-3/h6H,1-3H3,(H,7,8). The molecule has 0 aliphatic heterocycles. The number of aliphatic imine (C=N–C) groups is 1. The van der Waals surface area contributed by atoms with Gasteiger partial charge in [0.2, 0.25) is 5.90 Å². The Morgan fingerprint density at radius 1 is 1.56 bits per heavy atom. The maximum atomic E-state index is 6.82. The minimum Gasteiger partial charge on any atom is -0.366 e. The highest BCUT2D eigenvalue weighted by molar-refractivity contribution is 5.80. The summed E-state index contributed by atoms with van der Waals surface area (Å²) in [6, 6.07) is 0. The van der Waals surface area contributed by atoms with Crippen LogP contribution < -0.4 is 5.48 Å². The van der Waals surface area contributed by atoms with Crippen molar-refractivity contribution in [1.82, 2.24) is 5.48 Å². The third-order valence-corrected chi connectivity index (χ3v) is 0.687. The summed E-state index contributed by atoms with van der Waals surface area (Å²) in [5.41, 5.74) is 2.46. The van der Waals surface area contributed by atoms with E-state index < -0.39 is 0 Å². The highest BCUT2D eigenvalue weighted by Gasteiger charge is 1.86. The van der Waals surface area contributed by atoms with E-state index in [0.717, 1.165) is 0 Å². The highest BCUT2D eigenvalue weighted by atomic mass is 16.7. The van der Waals surface area contributed by atoms with Crippen LogP contribution in [0.5, 0.6) is 0 Å². The monoisotopic (exact) mass is 129 g/mol. The molecule has 4 nitrogen and oxygen atoms in total. The molecule has 52 valence electrons. The smallest absolute Gasteiger partial charge is 0.211 e. The van der Waals surface area contributed by atoms with E-state index in [2.05, 4.69) is 15.3 Å². The molecule has 0 amide bonds. The molecule has 9 heavy (non-hydrogen) atoms. The van der Waals surface area contributed by atoms with Crippen molar-refractivity contribution >= 4 is 11.7 Å². The summed E-state index contributed by atoms with van der Waals surface area (Å²) in [6.07, 6.45) is 0. The first kappa shape index (κ1) is 7.94. The van der Waals surface area contributed by atoms with Crippen LogP contribution in [0.1, 0.15) is 13.8 Å². The lowest BCUT2D eigenvalue weighted by molar-refractivity contribution is 0.242. The number of nitrogens with zero attached hydrogens (tertiary/aromatic N) is 1. The first-order valence-corrected chi connectivity index (χ1v) is 2.58. The topological polar surface area (TPSA) is 57.5 Å².